The average Bonchev–Trinajstić information content (AvgIpc) is 3.28. The first-order valence-electron chi connectivity index (χ1n) is 6.80. The van der Waals surface area contributed by atoms with Crippen LogP contribution in [0.15, 0.2) is 28.2 Å². The van der Waals surface area contributed by atoms with Crippen molar-refractivity contribution in [2.24, 2.45) is 11.7 Å². The summed E-state index contributed by atoms with van der Waals surface area (Å²) in [6.45, 7) is 0.839. The van der Waals surface area contributed by atoms with E-state index in [9.17, 15) is 4.79 Å². The summed E-state index contributed by atoms with van der Waals surface area (Å²) in [5.41, 5.74) is 7.54. The first-order valence-corrected chi connectivity index (χ1v) is 7.59. The Balaban J connectivity index is 1.66. The Labute approximate surface area is 126 Å². The lowest BCUT2D eigenvalue weighted by molar-refractivity contribution is -0.117. The summed E-state index contributed by atoms with van der Waals surface area (Å²) in [7, 11) is 0. The first-order chi connectivity index (χ1) is 9.63. The average molecular weight is 337 g/mol. The van der Waals surface area contributed by atoms with Crippen LogP contribution in [0.25, 0.3) is 6.08 Å². The fourth-order valence-electron chi connectivity index (χ4n) is 2.29. The van der Waals surface area contributed by atoms with E-state index in [2.05, 4.69) is 21.2 Å². The minimum Gasteiger partial charge on any atom is -0.488 e. The lowest BCUT2D eigenvalue weighted by Crippen LogP contribution is -2.40. The molecule has 1 unspecified atom stereocenters. The molecule has 1 fully saturated rings. The van der Waals surface area contributed by atoms with Gasteiger partial charge in [-0.25, -0.2) is 0 Å². The molecular weight excluding hydrogens is 320 g/mol. The predicted octanol–water partition coefficient (Wildman–Crippen LogP) is 2.08. The second-order valence-corrected chi connectivity index (χ2v) is 6.27. The number of halogens is 1. The van der Waals surface area contributed by atoms with Crippen molar-refractivity contribution in [2.75, 3.05) is 13.2 Å². The maximum absolute atomic E-state index is 12.1. The van der Waals surface area contributed by atoms with Gasteiger partial charge < -0.3 is 15.8 Å². The van der Waals surface area contributed by atoms with Crippen molar-refractivity contribution in [3.8, 4) is 5.75 Å². The standard InChI is InChI=1S/C15H17BrN2O2/c16-12-3-4-14-10(6-12)5-11(8-20-14)15(19)18-7-13(17)9-1-2-9/h3-6,9,13H,1-2,7-8,17H2,(H,18,19). The van der Waals surface area contributed by atoms with Gasteiger partial charge in [0.15, 0.2) is 0 Å². The lowest BCUT2D eigenvalue weighted by atomic mass is 10.1. The van der Waals surface area contributed by atoms with Gasteiger partial charge in [0.2, 0.25) is 0 Å². The second-order valence-electron chi connectivity index (χ2n) is 5.35. The van der Waals surface area contributed by atoms with Crippen LogP contribution < -0.4 is 15.8 Å². The van der Waals surface area contributed by atoms with E-state index in [4.69, 9.17) is 10.5 Å². The van der Waals surface area contributed by atoms with Crippen molar-refractivity contribution in [3.05, 3.63) is 33.8 Å². The molecule has 1 aromatic rings. The monoisotopic (exact) mass is 336 g/mol. The molecule has 0 aromatic heterocycles. The number of ether oxygens (including phenoxy) is 1. The van der Waals surface area contributed by atoms with Crippen LogP contribution in [0, 0.1) is 5.92 Å². The van der Waals surface area contributed by atoms with Gasteiger partial charge >= 0.3 is 0 Å². The molecule has 1 aliphatic carbocycles. The molecular formula is C15H17BrN2O2. The number of rotatable bonds is 4. The zero-order valence-electron chi connectivity index (χ0n) is 11.1. The summed E-state index contributed by atoms with van der Waals surface area (Å²) >= 11 is 3.42. The zero-order valence-corrected chi connectivity index (χ0v) is 12.7. The maximum Gasteiger partial charge on any atom is 0.250 e. The van der Waals surface area contributed by atoms with E-state index in [0.717, 1.165) is 15.8 Å². The Morgan fingerprint density at radius 3 is 3.05 bits per heavy atom. The number of nitrogens with one attached hydrogen (secondary N) is 1. The van der Waals surface area contributed by atoms with Gasteiger partial charge in [-0.3, -0.25) is 4.79 Å². The Hall–Kier alpha value is -1.33. The fraction of sp³-hybridized carbons (Fsp3) is 0.400. The summed E-state index contributed by atoms with van der Waals surface area (Å²) in [5.74, 6) is 1.30. The normalized spacial score (nSPS) is 18.6. The van der Waals surface area contributed by atoms with Crippen LogP contribution in [0.2, 0.25) is 0 Å². The quantitative estimate of drug-likeness (QED) is 0.884. The van der Waals surface area contributed by atoms with Gasteiger partial charge in [0.25, 0.3) is 5.91 Å². The van der Waals surface area contributed by atoms with Crippen molar-refractivity contribution in [3.63, 3.8) is 0 Å². The molecule has 1 aromatic carbocycles. The van der Waals surface area contributed by atoms with Gasteiger partial charge in [-0.1, -0.05) is 15.9 Å². The van der Waals surface area contributed by atoms with Crippen LogP contribution in [-0.2, 0) is 4.79 Å². The van der Waals surface area contributed by atoms with E-state index in [1.165, 1.54) is 12.8 Å². The third-order valence-electron chi connectivity index (χ3n) is 3.70. The molecule has 0 radical (unpaired) electrons. The second kappa shape index (κ2) is 5.58. The molecule has 106 valence electrons. The Kier molecular flexibility index (Phi) is 3.81. The number of carbonyl (C=O) groups excluding carboxylic acids is 1. The largest absolute Gasteiger partial charge is 0.488 e. The number of hydrogen-bond donors (Lipinski definition) is 2. The van der Waals surface area contributed by atoms with E-state index in [-0.39, 0.29) is 11.9 Å². The van der Waals surface area contributed by atoms with Crippen molar-refractivity contribution in [1.82, 2.24) is 5.32 Å². The van der Waals surface area contributed by atoms with Gasteiger partial charge in [0.05, 0.1) is 5.57 Å². The number of nitrogens with two attached hydrogens (primary N) is 1. The molecule has 1 amide bonds. The summed E-state index contributed by atoms with van der Waals surface area (Å²) in [5, 5.41) is 2.89. The van der Waals surface area contributed by atoms with Crippen LogP contribution in [0.1, 0.15) is 18.4 Å². The van der Waals surface area contributed by atoms with E-state index in [0.29, 0.717) is 24.6 Å². The van der Waals surface area contributed by atoms with Gasteiger partial charge in [0, 0.05) is 22.6 Å². The topological polar surface area (TPSA) is 64.3 Å². The third kappa shape index (κ3) is 3.04. The molecule has 1 aliphatic heterocycles. The molecule has 4 nitrogen and oxygen atoms in total. The van der Waals surface area contributed by atoms with E-state index >= 15 is 0 Å². The minimum atomic E-state index is -0.0910. The molecule has 0 saturated heterocycles. The Morgan fingerprint density at radius 2 is 2.30 bits per heavy atom. The van der Waals surface area contributed by atoms with Crippen LogP contribution >= 0.6 is 15.9 Å². The van der Waals surface area contributed by atoms with Crippen molar-refractivity contribution in [1.29, 1.82) is 0 Å². The number of hydrogen-bond acceptors (Lipinski definition) is 3. The lowest BCUT2D eigenvalue weighted by Gasteiger charge is -2.19. The molecule has 3 rings (SSSR count). The Morgan fingerprint density at radius 1 is 1.50 bits per heavy atom. The zero-order chi connectivity index (χ0) is 14.1. The first kappa shape index (κ1) is 13.6. The SMILES string of the molecule is NC(CNC(=O)C1=Cc2cc(Br)ccc2OC1)C1CC1. The van der Waals surface area contributed by atoms with Crippen LogP contribution in [0.4, 0.5) is 0 Å². The number of benzene rings is 1. The van der Waals surface area contributed by atoms with E-state index < -0.39 is 0 Å². The molecule has 1 heterocycles. The van der Waals surface area contributed by atoms with E-state index in [1.807, 2.05) is 24.3 Å². The van der Waals surface area contributed by atoms with Crippen molar-refractivity contribution < 1.29 is 9.53 Å². The van der Waals surface area contributed by atoms with Crippen LogP contribution in [-0.4, -0.2) is 25.1 Å². The van der Waals surface area contributed by atoms with Crippen LogP contribution in [0.3, 0.4) is 0 Å². The maximum atomic E-state index is 12.1. The number of carbonyl (C=O) groups is 1. The highest BCUT2D eigenvalue weighted by Crippen LogP contribution is 2.31. The smallest absolute Gasteiger partial charge is 0.250 e. The molecule has 3 N–H and O–H groups in total. The van der Waals surface area contributed by atoms with Gasteiger partial charge in [0.1, 0.15) is 12.4 Å². The predicted molar refractivity (Wildman–Crippen MR) is 81.3 cm³/mol. The van der Waals surface area contributed by atoms with Gasteiger partial charge in [-0.05, 0) is 43.0 Å². The number of fused-ring (bicyclic) bond motifs is 1. The molecule has 2 aliphatic rings. The number of amides is 1. The molecule has 5 heteroatoms. The van der Waals surface area contributed by atoms with E-state index in [1.54, 1.807) is 0 Å². The van der Waals surface area contributed by atoms with Gasteiger partial charge in [-0.15, -0.1) is 0 Å². The molecule has 0 bridgehead atoms. The summed E-state index contributed by atoms with van der Waals surface area (Å²) in [6.07, 6.45) is 4.25. The summed E-state index contributed by atoms with van der Waals surface area (Å²) in [4.78, 5) is 12.1. The minimum absolute atomic E-state index is 0.0745. The highest BCUT2D eigenvalue weighted by Gasteiger charge is 2.28. The Bertz CT molecular complexity index is 567. The molecule has 1 saturated carbocycles. The van der Waals surface area contributed by atoms with Crippen molar-refractivity contribution in [2.45, 2.75) is 18.9 Å². The third-order valence-corrected chi connectivity index (χ3v) is 4.20. The summed E-state index contributed by atoms with van der Waals surface area (Å²) < 4.78 is 6.56. The summed E-state index contributed by atoms with van der Waals surface area (Å²) in [6, 6.07) is 5.84. The highest BCUT2D eigenvalue weighted by molar-refractivity contribution is 9.10. The van der Waals surface area contributed by atoms with Gasteiger partial charge in [-0.2, -0.15) is 0 Å². The molecule has 20 heavy (non-hydrogen) atoms. The molecule has 0 spiro atoms. The fourth-order valence-corrected chi connectivity index (χ4v) is 2.67. The highest BCUT2D eigenvalue weighted by atomic mass is 79.9. The van der Waals surface area contributed by atoms with Crippen LogP contribution in [0.5, 0.6) is 5.75 Å². The molecule has 1 atom stereocenters. The van der Waals surface area contributed by atoms with Crippen molar-refractivity contribution >= 4 is 27.9 Å².